The maximum atomic E-state index is 10.0. The molecule has 1 aliphatic rings. The van der Waals surface area contributed by atoms with Crippen LogP contribution in [0.15, 0.2) is 30.6 Å². The molecule has 0 bridgehead atoms. The fourth-order valence-electron chi connectivity index (χ4n) is 3.18. The molecule has 1 aliphatic heterocycles. The van der Waals surface area contributed by atoms with E-state index < -0.39 is 5.60 Å². The fourth-order valence-corrected chi connectivity index (χ4v) is 3.18. The van der Waals surface area contributed by atoms with Gasteiger partial charge >= 0.3 is 0 Å². The third-order valence-corrected chi connectivity index (χ3v) is 4.87. The Balaban J connectivity index is 1.69. The summed E-state index contributed by atoms with van der Waals surface area (Å²) in [5.41, 5.74) is 0.248. The van der Waals surface area contributed by atoms with E-state index in [2.05, 4.69) is 14.5 Å². The van der Waals surface area contributed by atoms with E-state index in [1.54, 1.807) is 13.3 Å². The lowest BCUT2D eigenvalue weighted by atomic mass is 10.1. The summed E-state index contributed by atoms with van der Waals surface area (Å²) in [5.74, 6) is 2.27. The first kappa shape index (κ1) is 20.6. The zero-order valence-corrected chi connectivity index (χ0v) is 17.1. The fraction of sp³-hybridized carbons (Fsp3) is 0.571. The van der Waals surface area contributed by atoms with Gasteiger partial charge in [-0.1, -0.05) is 0 Å². The zero-order valence-electron chi connectivity index (χ0n) is 17.1. The Kier molecular flexibility index (Phi) is 6.93. The van der Waals surface area contributed by atoms with Crippen LogP contribution in [0, 0.1) is 0 Å². The van der Waals surface area contributed by atoms with Gasteiger partial charge in [0.05, 0.1) is 25.9 Å². The summed E-state index contributed by atoms with van der Waals surface area (Å²) in [6.07, 6.45) is 4.36. The number of aryl methyl sites for hydroxylation is 1. The molecule has 1 saturated heterocycles. The first-order chi connectivity index (χ1) is 13.5. The molecule has 0 radical (unpaired) electrons. The molecule has 0 amide bonds. The number of aliphatic hydroxyl groups is 1. The van der Waals surface area contributed by atoms with Crippen LogP contribution in [0.3, 0.4) is 0 Å². The largest absolute Gasteiger partial charge is 0.493 e. The molecule has 0 aliphatic carbocycles. The SMILES string of the molecule is COc1ccc(-c2nccn2CCC(C)(C)O)cc1OCCN1CCOCC1. The van der Waals surface area contributed by atoms with E-state index in [0.717, 1.165) is 44.2 Å². The number of ether oxygens (including phenoxy) is 3. The first-order valence-electron chi connectivity index (χ1n) is 9.81. The zero-order chi connectivity index (χ0) is 20.0. The molecule has 1 aromatic heterocycles. The van der Waals surface area contributed by atoms with Gasteiger partial charge in [-0.3, -0.25) is 4.90 Å². The van der Waals surface area contributed by atoms with Gasteiger partial charge in [-0.2, -0.15) is 0 Å². The Morgan fingerprint density at radius 3 is 2.68 bits per heavy atom. The van der Waals surface area contributed by atoms with E-state index in [1.165, 1.54) is 0 Å². The molecule has 0 unspecified atom stereocenters. The van der Waals surface area contributed by atoms with E-state index in [-0.39, 0.29) is 0 Å². The molecule has 0 saturated carbocycles. The van der Waals surface area contributed by atoms with E-state index in [4.69, 9.17) is 14.2 Å². The second kappa shape index (κ2) is 9.41. The highest BCUT2D eigenvalue weighted by molar-refractivity contribution is 5.61. The van der Waals surface area contributed by atoms with Crippen LogP contribution >= 0.6 is 0 Å². The normalized spacial score (nSPS) is 15.6. The summed E-state index contributed by atoms with van der Waals surface area (Å²) in [6.45, 7) is 9.23. The van der Waals surface area contributed by atoms with Crippen molar-refractivity contribution in [3.8, 4) is 22.9 Å². The topological polar surface area (TPSA) is 69.0 Å². The molecule has 3 rings (SSSR count). The van der Waals surface area contributed by atoms with Gasteiger partial charge in [-0.05, 0) is 38.5 Å². The molecule has 1 N–H and O–H groups in total. The summed E-state index contributed by atoms with van der Waals surface area (Å²) in [6, 6.07) is 5.87. The molecule has 0 spiro atoms. The highest BCUT2D eigenvalue weighted by Gasteiger charge is 2.16. The Morgan fingerprint density at radius 1 is 1.18 bits per heavy atom. The van der Waals surface area contributed by atoms with Crippen molar-refractivity contribution in [3.63, 3.8) is 0 Å². The minimum atomic E-state index is -0.713. The number of rotatable bonds is 9. The highest BCUT2D eigenvalue weighted by Crippen LogP contribution is 2.32. The van der Waals surface area contributed by atoms with E-state index in [9.17, 15) is 5.11 Å². The lowest BCUT2D eigenvalue weighted by Gasteiger charge is -2.26. The van der Waals surface area contributed by atoms with Crippen molar-refractivity contribution in [3.05, 3.63) is 30.6 Å². The highest BCUT2D eigenvalue weighted by atomic mass is 16.5. The lowest BCUT2D eigenvalue weighted by molar-refractivity contribution is 0.0321. The van der Waals surface area contributed by atoms with Crippen LogP contribution in [0.1, 0.15) is 20.3 Å². The van der Waals surface area contributed by atoms with Crippen LogP contribution in [0.2, 0.25) is 0 Å². The van der Waals surface area contributed by atoms with Crippen molar-refractivity contribution in [2.24, 2.45) is 0 Å². The standard InChI is InChI=1S/C21H31N3O4/c1-21(2,25)6-8-24-9-7-22-20(24)17-4-5-18(26-3)19(16-17)28-15-12-23-10-13-27-14-11-23/h4-5,7,9,16,25H,6,8,10-15H2,1-3H3. The Bertz CT molecular complexity index is 748. The van der Waals surface area contributed by atoms with Crippen LogP contribution < -0.4 is 9.47 Å². The maximum absolute atomic E-state index is 10.0. The lowest BCUT2D eigenvalue weighted by Crippen LogP contribution is -2.38. The van der Waals surface area contributed by atoms with Crippen LogP contribution in [-0.2, 0) is 11.3 Å². The molecule has 2 aromatic rings. The van der Waals surface area contributed by atoms with Crippen LogP contribution in [0.5, 0.6) is 11.5 Å². The van der Waals surface area contributed by atoms with Crippen molar-refractivity contribution in [1.29, 1.82) is 0 Å². The van der Waals surface area contributed by atoms with Gasteiger partial charge in [0.25, 0.3) is 0 Å². The number of hydrogen-bond donors (Lipinski definition) is 1. The van der Waals surface area contributed by atoms with E-state index in [1.807, 2.05) is 38.2 Å². The van der Waals surface area contributed by atoms with Gasteiger partial charge in [0, 0.05) is 44.1 Å². The molecular weight excluding hydrogens is 358 g/mol. The van der Waals surface area contributed by atoms with Crippen LogP contribution in [0.4, 0.5) is 0 Å². The quantitative estimate of drug-likeness (QED) is 0.710. The summed E-state index contributed by atoms with van der Waals surface area (Å²) in [4.78, 5) is 6.84. The smallest absolute Gasteiger partial charge is 0.161 e. The molecule has 2 heterocycles. The van der Waals surface area contributed by atoms with Gasteiger partial charge in [0.1, 0.15) is 12.4 Å². The monoisotopic (exact) mass is 389 g/mol. The second-order valence-electron chi connectivity index (χ2n) is 7.67. The van der Waals surface area contributed by atoms with Crippen molar-refractivity contribution in [2.75, 3.05) is 46.6 Å². The minimum Gasteiger partial charge on any atom is -0.493 e. The molecular formula is C21H31N3O4. The van der Waals surface area contributed by atoms with Crippen LogP contribution in [0.25, 0.3) is 11.4 Å². The molecule has 7 heteroatoms. The molecule has 7 nitrogen and oxygen atoms in total. The summed E-state index contributed by atoms with van der Waals surface area (Å²) < 4.78 is 18.9. The molecule has 1 aromatic carbocycles. The molecule has 154 valence electrons. The van der Waals surface area contributed by atoms with Crippen LogP contribution in [-0.4, -0.2) is 71.7 Å². The first-order valence-corrected chi connectivity index (χ1v) is 9.81. The Morgan fingerprint density at radius 2 is 1.96 bits per heavy atom. The molecule has 0 atom stereocenters. The predicted molar refractivity (Wildman–Crippen MR) is 108 cm³/mol. The van der Waals surface area contributed by atoms with Gasteiger partial charge in [-0.25, -0.2) is 4.98 Å². The van der Waals surface area contributed by atoms with Gasteiger partial charge in [-0.15, -0.1) is 0 Å². The Hall–Kier alpha value is -2.09. The summed E-state index contributed by atoms with van der Waals surface area (Å²) >= 11 is 0. The number of aromatic nitrogens is 2. The minimum absolute atomic E-state index is 0.590. The van der Waals surface area contributed by atoms with Crippen molar-refractivity contribution >= 4 is 0 Å². The second-order valence-corrected chi connectivity index (χ2v) is 7.67. The average Bonchev–Trinajstić information content (AvgIpc) is 3.15. The van der Waals surface area contributed by atoms with Gasteiger partial charge in [0.15, 0.2) is 11.5 Å². The average molecular weight is 389 g/mol. The number of nitrogens with zero attached hydrogens (tertiary/aromatic N) is 3. The van der Waals surface area contributed by atoms with E-state index in [0.29, 0.717) is 31.1 Å². The maximum Gasteiger partial charge on any atom is 0.161 e. The number of methoxy groups -OCH3 is 1. The number of benzene rings is 1. The molecule has 28 heavy (non-hydrogen) atoms. The number of hydrogen-bond acceptors (Lipinski definition) is 6. The number of morpholine rings is 1. The van der Waals surface area contributed by atoms with Crippen molar-refractivity contribution in [2.45, 2.75) is 32.4 Å². The summed E-state index contributed by atoms with van der Waals surface area (Å²) in [5, 5.41) is 10.0. The van der Waals surface area contributed by atoms with Crippen molar-refractivity contribution in [1.82, 2.24) is 14.5 Å². The third-order valence-electron chi connectivity index (χ3n) is 4.87. The third kappa shape index (κ3) is 5.70. The Labute approximate surface area is 166 Å². The number of imidazole rings is 1. The molecule has 1 fully saturated rings. The van der Waals surface area contributed by atoms with Gasteiger partial charge < -0.3 is 23.9 Å². The van der Waals surface area contributed by atoms with E-state index >= 15 is 0 Å². The van der Waals surface area contributed by atoms with Crippen molar-refractivity contribution < 1.29 is 19.3 Å². The van der Waals surface area contributed by atoms with Gasteiger partial charge in [0.2, 0.25) is 0 Å². The summed E-state index contributed by atoms with van der Waals surface area (Å²) in [7, 11) is 1.65. The predicted octanol–water partition coefficient (Wildman–Crippen LogP) is 2.43.